The number of hydrogen-bond acceptors (Lipinski definition) is 7. The molecule has 1 aliphatic heterocycles. The standard InChI is InChI=1S/C28H36N2O6/c1-18(31)35-25-22(19-11-13-20(34-7)14-12-19)17-23-21(27(33)36-28(2,3)4)9-8-10-24(23)30(26(25)32)16-15-29(5)6/h8-14,22,25H,15-17H2,1-7H3/t22-,25+/m0/s1. The lowest BCUT2D eigenvalue weighted by molar-refractivity contribution is -0.154. The van der Waals surface area contributed by atoms with Gasteiger partial charge in [0.2, 0.25) is 0 Å². The molecule has 0 saturated heterocycles. The summed E-state index contributed by atoms with van der Waals surface area (Å²) in [6.07, 6.45) is -0.754. The fourth-order valence-electron chi connectivity index (χ4n) is 4.32. The number of hydrogen-bond donors (Lipinski definition) is 0. The highest BCUT2D eigenvalue weighted by atomic mass is 16.6. The first-order valence-corrected chi connectivity index (χ1v) is 12.0. The van der Waals surface area contributed by atoms with Crippen LogP contribution in [-0.2, 0) is 25.5 Å². The zero-order valence-corrected chi connectivity index (χ0v) is 22.2. The van der Waals surface area contributed by atoms with Crippen molar-refractivity contribution in [1.29, 1.82) is 0 Å². The largest absolute Gasteiger partial charge is 0.497 e. The number of esters is 2. The van der Waals surface area contributed by atoms with Crippen molar-refractivity contribution in [2.75, 3.05) is 39.2 Å². The molecule has 8 heteroatoms. The van der Waals surface area contributed by atoms with Gasteiger partial charge in [-0.05, 0) is 76.7 Å². The molecule has 0 fully saturated rings. The van der Waals surface area contributed by atoms with Crippen LogP contribution in [0.15, 0.2) is 42.5 Å². The Labute approximate surface area is 213 Å². The van der Waals surface area contributed by atoms with E-state index >= 15 is 0 Å². The molecule has 3 rings (SSSR count). The van der Waals surface area contributed by atoms with Crippen LogP contribution in [0.1, 0.15) is 55.1 Å². The van der Waals surface area contributed by atoms with Crippen LogP contribution in [0.25, 0.3) is 0 Å². The second-order valence-electron chi connectivity index (χ2n) is 10.2. The van der Waals surface area contributed by atoms with Gasteiger partial charge in [0.25, 0.3) is 5.91 Å². The number of amides is 1. The summed E-state index contributed by atoms with van der Waals surface area (Å²) >= 11 is 0. The summed E-state index contributed by atoms with van der Waals surface area (Å²) in [4.78, 5) is 42.9. The lowest BCUT2D eigenvalue weighted by atomic mass is 9.86. The van der Waals surface area contributed by atoms with Gasteiger partial charge in [-0.3, -0.25) is 9.59 Å². The maximum atomic E-state index is 14.0. The Morgan fingerprint density at radius 1 is 1.08 bits per heavy atom. The molecule has 1 aliphatic rings. The fraction of sp³-hybridized carbons (Fsp3) is 0.464. The van der Waals surface area contributed by atoms with Crippen LogP contribution in [0, 0.1) is 0 Å². The monoisotopic (exact) mass is 496 g/mol. The Morgan fingerprint density at radius 2 is 1.75 bits per heavy atom. The Kier molecular flexibility index (Phi) is 8.40. The van der Waals surface area contributed by atoms with Crippen molar-refractivity contribution in [2.45, 2.75) is 51.7 Å². The third kappa shape index (κ3) is 6.43. The lowest BCUT2D eigenvalue weighted by Gasteiger charge is -2.29. The van der Waals surface area contributed by atoms with E-state index in [1.54, 1.807) is 36.3 Å². The minimum Gasteiger partial charge on any atom is -0.497 e. The van der Waals surface area contributed by atoms with Crippen molar-refractivity contribution >= 4 is 23.5 Å². The third-order valence-corrected chi connectivity index (χ3v) is 5.97. The highest BCUT2D eigenvalue weighted by molar-refractivity contribution is 6.02. The minimum atomic E-state index is -1.06. The number of carbonyl (C=O) groups excluding carboxylic acids is 3. The van der Waals surface area contributed by atoms with Gasteiger partial charge in [-0.25, -0.2) is 4.79 Å². The Balaban J connectivity index is 2.20. The van der Waals surface area contributed by atoms with Gasteiger partial charge in [-0.15, -0.1) is 0 Å². The molecule has 0 bridgehead atoms. The molecule has 2 aromatic carbocycles. The molecule has 0 saturated carbocycles. The van der Waals surface area contributed by atoms with Crippen LogP contribution >= 0.6 is 0 Å². The Hall–Kier alpha value is -3.39. The van der Waals surface area contributed by atoms with E-state index in [-0.39, 0.29) is 5.91 Å². The summed E-state index contributed by atoms with van der Waals surface area (Å²) in [5.74, 6) is -1.17. The number of benzene rings is 2. The van der Waals surface area contributed by atoms with Crippen molar-refractivity contribution < 1.29 is 28.6 Å². The smallest absolute Gasteiger partial charge is 0.339 e. The zero-order valence-electron chi connectivity index (χ0n) is 22.2. The maximum absolute atomic E-state index is 14.0. The van der Waals surface area contributed by atoms with E-state index in [4.69, 9.17) is 14.2 Å². The molecule has 2 aromatic rings. The van der Waals surface area contributed by atoms with E-state index in [1.807, 2.05) is 58.0 Å². The quantitative estimate of drug-likeness (QED) is 0.539. The molecule has 0 N–H and O–H groups in total. The first-order valence-electron chi connectivity index (χ1n) is 12.0. The Bertz CT molecular complexity index is 1100. The van der Waals surface area contributed by atoms with E-state index in [2.05, 4.69) is 0 Å². The Morgan fingerprint density at radius 3 is 2.31 bits per heavy atom. The molecule has 0 aromatic heterocycles. The normalized spacial score (nSPS) is 17.9. The molecular weight excluding hydrogens is 460 g/mol. The molecule has 36 heavy (non-hydrogen) atoms. The summed E-state index contributed by atoms with van der Waals surface area (Å²) < 4.78 is 16.7. The van der Waals surface area contributed by atoms with Crippen LogP contribution in [0.4, 0.5) is 5.69 Å². The minimum absolute atomic E-state index is 0.305. The molecule has 2 atom stereocenters. The number of likely N-dealkylation sites (N-methyl/N-ethyl adjacent to an activating group) is 1. The fourth-order valence-corrected chi connectivity index (χ4v) is 4.32. The van der Waals surface area contributed by atoms with Crippen molar-refractivity contribution in [3.8, 4) is 5.75 Å². The number of ether oxygens (including phenoxy) is 3. The number of nitrogens with zero attached hydrogens (tertiary/aromatic N) is 2. The van der Waals surface area contributed by atoms with Gasteiger partial charge in [0.1, 0.15) is 11.4 Å². The molecule has 0 unspecified atom stereocenters. The maximum Gasteiger partial charge on any atom is 0.339 e. The summed E-state index contributed by atoms with van der Waals surface area (Å²) in [7, 11) is 5.42. The average Bonchev–Trinajstić information content (AvgIpc) is 2.91. The van der Waals surface area contributed by atoms with Gasteiger partial charge in [0, 0.05) is 31.6 Å². The zero-order chi connectivity index (χ0) is 26.6. The predicted molar refractivity (Wildman–Crippen MR) is 138 cm³/mol. The van der Waals surface area contributed by atoms with Crippen LogP contribution < -0.4 is 9.64 Å². The molecule has 0 radical (unpaired) electrons. The van der Waals surface area contributed by atoms with Gasteiger partial charge < -0.3 is 24.0 Å². The van der Waals surface area contributed by atoms with E-state index in [0.717, 1.165) is 5.56 Å². The van der Waals surface area contributed by atoms with Gasteiger partial charge in [0.05, 0.1) is 12.7 Å². The second kappa shape index (κ2) is 11.1. The molecule has 8 nitrogen and oxygen atoms in total. The highest BCUT2D eigenvalue weighted by Crippen LogP contribution is 2.39. The second-order valence-corrected chi connectivity index (χ2v) is 10.2. The summed E-state index contributed by atoms with van der Waals surface area (Å²) in [6, 6.07) is 12.6. The van der Waals surface area contributed by atoms with E-state index in [9.17, 15) is 14.4 Å². The summed E-state index contributed by atoms with van der Waals surface area (Å²) in [6.45, 7) is 7.70. The summed E-state index contributed by atoms with van der Waals surface area (Å²) in [5, 5.41) is 0. The highest BCUT2D eigenvalue weighted by Gasteiger charge is 2.41. The molecule has 1 heterocycles. The van der Waals surface area contributed by atoms with Crippen LogP contribution in [0.5, 0.6) is 5.75 Å². The molecule has 0 aliphatic carbocycles. The number of rotatable bonds is 7. The van der Waals surface area contributed by atoms with Crippen molar-refractivity contribution in [3.63, 3.8) is 0 Å². The lowest BCUT2D eigenvalue weighted by Crippen LogP contribution is -2.45. The number of carbonyl (C=O) groups is 3. The van der Waals surface area contributed by atoms with Crippen molar-refractivity contribution in [2.24, 2.45) is 0 Å². The van der Waals surface area contributed by atoms with E-state index in [1.165, 1.54) is 6.92 Å². The van der Waals surface area contributed by atoms with E-state index < -0.39 is 29.6 Å². The first-order chi connectivity index (χ1) is 16.9. The average molecular weight is 497 g/mol. The SMILES string of the molecule is COc1ccc([C@@H]2Cc3c(C(=O)OC(C)(C)C)cccc3N(CCN(C)C)C(=O)[C@@H]2OC(C)=O)cc1. The van der Waals surface area contributed by atoms with Crippen LogP contribution in [0.2, 0.25) is 0 Å². The van der Waals surface area contributed by atoms with E-state index in [0.29, 0.717) is 42.1 Å². The first kappa shape index (κ1) is 27.2. The predicted octanol–water partition coefficient (Wildman–Crippen LogP) is 3.82. The number of anilines is 1. The molecule has 0 spiro atoms. The summed E-state index contributed by atoms with van der Waals surface area (Å²) in [5.41, 5.74) is 1.83. The van der Waals surface area contributed by atoms with Crippen LogP contribution in [-0.4, -0.2) is 68.7 Å². The van der Waals surface area contributed by atoms with Gasteiger partial charge >= 0.3 is 11.9 Å². The molecular formula is C28H36N2O6. The van der Waals surface area contributed by atoms with Crippen molar-refractivity contribution in [3.05, 3.63) is 59.2 Å². The number of fused-ring (bicyclic) bond motifs is 1. The third-order valence-electron chi connectivity index (χ3n) is 5.97. The van der Waals surface area contributed by atoms with Gasteiger partial charge in [0.15, 0.2) is 6.10 Å². The molecule has 194 valence electrons. The van der Waals surface area contributed by atoms with Crippen LogP contribution in [0.3, 0.4) is 0 Å². The van der Waals surface area contributed by atoms with Gasteiger partial charge in [-0.2, -0.15) is 0 Å². The molecule has 1 amide bonds. The topological polar surface area (TPSA) is 85.4 Å². The van der Waals surface area contributed by atoms with Crippen molar-refractivity contribution in [1.82, 2.24) is 4.90 Å². The number of methoxy groups -OCH3 is 1. The van der Waals surface area contributed by atoms with Gasteiger partial charge in [-0.1, -0.05) is 18.2 Å².